The molecule has 2 aliphatic heterocycles. The van der Waals surface area contributed by atoms with Crippen molar-refractivity contribution in [3.63, 3.8) is 0 Å². The molecule has 2 saturated heterocycles. The first-order valence-corrected chi connectivity index (χ1v) is 7.81. The molecule has 1 aromatic carbocycles. The number of benzene rings is 1. The number of piperidine rings is 2. The molecule has 0 aromatic heterocycles. The van der Waals surface area contributed by atoms with Crippen LogP contribution in [0.1, 0.15) is 35.2 Å². The van der Waals surface area contributed by atoms with Crippen LogP contribution in [-0.2, 0) is 4.79 Å². The van der Waals surface area contributed by atoms with Crippen molar-refractivity contribution < 1.29 is 18.4 Å². The van der Waals surface area contributed by atoms with Crippen LogP contribution in [0, 0.1) is 16.7 Å². The number of amides is 2. The van der Waals surface area contributed by atoms with E-state index in [0.717, 1.165) is 4.90 Å². The molecule has 0 radical (unpaired) electrons. The summed E-state index contributed by atoms with van der Waals surface area (Å²) in [5, 5.41) is 11.4. The molecule has 1 aromatic rings. The van der Waals surface area contributed by atoms with Crippen molar-refractivity contribution in [2.24, 2.45) is 5.41 Å². The fourth-order valence-electron chi connectivity index (χ4n) is 3.57. The molecular formula is C17H17F2N3O2. The molecule has 1 atom stereocenters. The Hall–Kier alpha value is -2.49. The van der Waals surface area contributed by atoms with Crippen molar-refractivity contribution in [3.8, 4) is 6.07 Å². The van der Waals surface area contributed by atoms with Crippen LogP contribution in [-0.4, -0.2) is 42.3 Å². The Kier molecular flexibility index (Phi) is 3.99. The molecule has 1 unspecified atom stereocenters. The molecule has 0 aliphatic carbocycles. The Morgan fingerprint density at radius 3 is 2.58 bits per heavy atom. The first-order chi connectivity index (χ1) is 11.4. The average Bonchev–Trinajstić information content (AvgIpc) is 2.56. The highest BCUT2D eigenvalue weighted by Gasteiger charge is 2.54. The molecule has 3 rings (SSSR count). The highest BCUT2D eigenvalue weighted by atomic mass is 19.3. The second kappa shape index (κ2) is 5.86. The molecule has 2 aliphatic rings. The molecule has 2 amide bonds. The first-order valence-electron chi connectivity index (χ1n) is 7.81. The molecule has 1 spiro atoms. The van der Waals surface area contributed by atoms with E-state index in [2.05, 4.69) is 5.32 Å². The molecule has 0 bridgehead atoms. The van der Waals surface area contributed by atoms with Gasteiger partial charge in [0.2, 0.25) is 5.91 Å². The van der Waals surface area contributed by atoms with Crippen molar-refractivity contribution in [2.75, 3.05) is 19.6 Å². The van der Waals surface area contributed by atoms with E-state index in [1.54, 1.807) is 0 Å². The summed E-state index contributed by atoms with van der Waals surface area (Å²) >= 11 is 0. The maximum absolute atomic E-state index is 14.2. The first kappa shape index (κ1) is 16.4. The summed E-state index contributed by atoms with van der Waals surface area (Å²) in [6.07, 6.45) is 0.454. The molecule has 126 valence electrons. The van der Waals surface area contributed by atoms with Gasteiger partial charge in [-0.2, -0.15) is 5.26 Å². The molecule has 7 heteroatoms. The van der Waals surface area contributed by atoms with Gasteiger partial charge in [-0.1, -0.05) is 0 Å². The number of hydrogen-bond donors (Lipinski definition) is 1. The van der Waals surface area contributed by atoms with Gasteiger partial charge >= 0.3 is 0 Å². The summed E-state index contributed by atoms with van der Waals surface area (Å²) in [5.74, 6) is -4.04. The SMILES string of the molecule is N#Cc1ccc(C(=O)N2CC(F)(F)CC3(CCCNC3=O)C2)cc1. The Morgan fingerprint density at radius 1 is 1.25 bits per heavy atom. The van der Waals surface area contributed by atoms with Gasteiger partial charge in [-0.3, -0.25) is 9.59 Å². The number of carbonyl (C=O) groups excluding carboxylic acids is 2. The second-order valence-corrected chi connectivity index (χ2v) is 6.52. The summed E-state index contributed by atoms with van der Waals surface area (Å²) in [4.78, 5) is 25.9. The molecule has 5 nitrogen and oxygen atoms in total. The van der Waals surface area contributed by atoms with E-state index in [1.165, 1.54) is 24.3 Å². The highest BCUT2D eigenvalue weighted by Crippen LogP contribution is 2.43. The average molecular weight is 333 g/mol. The molecule has 2 heterocycles. The van der Waals surface area contributed by atoms with Crippen LogP contribution < -0.4 is 5.32 Å². The second-order valence-electron chi connectivity index (χ2n) is 6.52. The molecule has 24 heavy (non-hydrogen) atoms. The zero-order valence-electron chi connectivity index (χ0n) is 13.0. The van der Waals surface area contributed by atoms with E-state index in [1.807, 2.05) is 6.07 Å². The number of carbonyl (C=O) groups is 2. The van der Waals surface area contributed by atoms with Crippen LogP contribution >= 0.6 is 0 Å². The number of alkyl halides is 2. The van der Waals surface area contributed by atoms with E-state index in [4.69, 9.17) is 5.26 Å². The van der Waals surface area contributed by atoms with E-state index in [-0.39, 0.29) is 12.1 Å². The van der Waals surface area contributed by atoms with Crippen LogP contribution in [0.3, 0.4) is 0 Å². The van der Waals surface area contributed by atoms with Crippen molar-refractivity contribution in [3.05, 3.63) is 35.4 Å². The Morgan fingerprint density at radius 2 is 1.96 bits per heavy atom. The van der Waals surface area contributed by atoms with Crippen LogP contribution in [0.15, 0.2) is 24.3 Å². The van der Waals surface area contributed by atoms with Crippen LogP contribution in [0.25, 0.3) is 0 Å². The maximum atomic E-state index is 14.2. The molecule has 2 fully saturated rings. The van der Waals surface area contributed by atoms with Gasteiger partial charge in [-0.25, -0.2) is 8.78 Å². The van der Waals surface area contributed by atoms with Gasteiger partial charge in [0, 0.05) is 25.1 Å². The minimum Gasteiger partial charge on any atom is -0.356 e. The lowest BCUT2D eigenvalue weighted by molar-refractivity contribution is -0.153. The number of nitrogens with zero attached hydrogens (tertiary/aromatic N) is 2. The molecular weight excluding hydrogens is 316 g/mol. The smallest absolute Gasteiger partial charge is 0.266 e. The summed E-state index contributed by atoms with van der Waals surface area (Å²) < 4.78 is 28.5. The summed E-state index contributed by atoms with van der Waals surface area (Å²) in [6, 6.07) is 7.77. The third-order valence-electron chi connectivity index (χ3n) is 4.66. The lowest BCUT2D eigenvalue weighted by Crippen LogP contribution is -2.61. The minimum atomic E-state index is -3.10. The lowest BCUT2D eigenvalue weighted by Gasteiger charge is -2.46. The number of likely N-dealkylation sites (tertiary alicyclic amines) is 1. The quantitative estimate of drug-likeness (QED) is 0.853. The van der Waals surface area contributed by atoms with Crippen molar-refractivity contribution in [1.29, 1.82) is 5.26 Å². The Balaban J connectivity index is 1.87. The van der Waals surface area contributed by atoms with Gasteiger partial charge in [-0.15, -0.1) is 0 Å². The van der Waals surface area contributed by atoms with E-state index in [0.29, 0.717) is 24.9 Å². The topological polar surface area (TPSA) is 73.2 Å². The van der Waals surface area contributed by atoms with Crippen molar-refractivity contribution in [1.82, 2.24) is 10.2 Å². The summed E-state index contributed by atoms with van der Waals surface area (Å²) in [6.45, 7) is -0.218. The van der Waals surface area contributed by atoms with Crippen molar-refractivity contribution >= 4 is 11.8 Å². The van der Waals surface area contributed by atoms with E-state index in [9.17, 15) is 18.4 Å². The zero-order valence-corrected chi connectivity index (χ0v) is 13.0. The van der Waals surface area contributed by atoms with Crippen LogP contribution in [0.4, 0.5) is 8.78 Å². The predicted molar refractivity (Wildman–Crippen MR) is 81.3 cm³/mol. The normalized spacial score (nSPS) is 25.9. The standard InChI is InChI=1S/C17H17F2N3O2/c18-17(19)9-16(6-1-7-21-15(16)24)10-22(11-17)14(23)13-4-2-12(8-20)3-5-13/h2-5H,1,6-7,9-11H2,(H,21,24). The fourth-order valence-corrected chi connectivity index (χ4v) is 3.57. The maximum Gasteiger partial charge on any atom is 0.266 e. The third kappa shape index (κ3) is 2.96. The number of nitriles is 1. The number of nitrogens with one attached hydrogen (secondary N) is 1. The van der Waals surface area contributed by atoms with Crippen LogP contribution in [0.5, 0.6) is 0 Å². The molecule has 1 N–H and O–H groups in total. The molecule has 0 saturated carbocycles. The van der Waals surface area contributed by atoms with E-state index < -0.39 is 36.1 Å². The monoisotopic (exact) mass is 333 g/mol. The largest absolute Gasteiger partial charge is 0.356 e. The van der Waals surface area contributed by atoms with E-state index >= 15 is 0 Å². The fraction of sp³-hybridized carbons (Fsp3) is 0.471. The highest BCUT2D eigenvalue weighted by molar-refractivity contribution is 5.95. The predicted octanol–water partition coefficient (Wildman–Crippen LogP) is 1.94. The van der Waals surface area contributed by atoms with Gasteiger partial charge in [-0.05, 0) is 37.1 Å². The van der Waals surface area contributed by atoms with Crippen molar-refractivity contribution in [2.45, 2.75) is 25.2 Å². The lowest BCUT2D eigenvalue weighted by atomic mass is 9.72. The number of rotatable bonds is 1. The Labute approximate surface area is 138 Å². The van der Waals surface area contributed by atoms with Crippen LogP contribution in [0.2, 0.25) is 0 Å². The van der Waals surface area contributed by atoms with Gasteiger partial charge < -0.3 is 10.2 Å². The van der Waals surface area contributed by atoms with Gasteiger partial charge in [0.1, 0.15) is 0 Å². The van der Waals surface area contributed by atoms with Gasteiger partial charge in [0.15, 0.2) is 0 Å². The van der Waals surface area contributed by atoms with Gasteiger partial charge in [0.05, 0.1) is 23.6 Å². The number of hydrogen-bond acceptors (Lipinski definition) is 3. The third-order valence-corrected chi connectivity index (χ3v) is 4.66. The van der Waals surface area contributed by atoms with Gasteiger partial charge in [0.25, 0.3) is 11.8 Å². The summed E-state index contributed by atoms with van der Waals surface area (Å²) in [7, 11) is 0. The number of halogens is 2. The summed E-state index contributed by atoms with van der Waals surface area (Å²) in [5.41, 5.74) is -0.598. The zero-order chi connectivity index (χ0) is 17.4. The minimum absolute atomic E-state index is 0.00669. The Bertz CT molecular complexity index is 712.